The molecule has 2 heterocycles. The smallest absolute Gasteiger partial charge is 0.137 e. The molecular formula is C13H15N3O. The molecule has 2 rings (SSSR count). The van der Waals surface area contributed by atoms with Crippen molar-refractivity contribution in [2.24, 2.45) is 5.92 Å². The van der Waals surface area contributed by atoms with E-state index in [-0.39, 0.29) is 5.92 Å². The maximum Gasteiger partial charge on any atom is 0.137 e. The molecule has 0 aliphatic heterocycles. The highest BCUT2D eigenvalue weighted by Crippen LogP contribution is 2.24. The average molecular weight is 229 g/mol. The molecule has 0 aliphatic rings. The monoisotopic (exact) mass is 229 g/mol. The Labute approximate surface area is 100 Å². The van der Waals surface area contributed by atoms with Crippen LogP contribution in [0.25, 0.3) is 5.65 Å². The van der Waals surface area contributed by atoms with E-state index >= 15 is 0 Å². The van der Waals surface area contributed by atoms with Gasteiger partial charge in [0.2, 0.25) is 0 Å². The summed E-state index contributed by atoms with van der Waals surface area (Å²) in [7, 11) is 0. The van der Waals surface area contributed by atoms with Crippen molar-refractivity contribution < 1.29 is 5.11 Å². The van der Waals surface area contributed by atoms with Gasteiger partial charge in [-0.25, -0.2) is 4.98 Å². The number of aromatic nitrogens is 2. The second-order valence-electron chi connectivity index (χ2n) is 4.10. The Morgan fingerprint density at radius 2 is 2.35 bits per heavy atom. The van der Waals surface area contributed by atoms with E-state index in [9.17, 15) is 5.11 Å². The fourth-order valence-electron chi connectivity index (χ4n) is 1.91. The number of aliphatic hydroxyl groups is 1. The number of hydrogen-bond acceptors (Lipinski definition) is 3. The summed E-state index contributed by atoms with van der Waals surface area (Å²) in [5.41, 5.74) is 1.35. The van der Waals surface area contributed by atoms with Crippen molar-refractivity contribution in [3.63, 3.8) is 0 Å². The third-order valence-electron chi connectivity index (χ3n) is 2.83. The van der Waals surface area contributed by atoms with Crippen LogP contribution in [-0.4, -0.2) is 14.5 Å². The maximum absolute atomic E-state index is 10.1. The third kappa shape index (κ3) is 2.29. The van der Waals surface area contributed by atoms with E-state index in [1.54, 1.807) is 6.20 Å². The lowest BCUT2D eigenvalue weighted by Crippen LogP contribution is -2.10. The van der Waals surface area contributed by atoms with Gasteiger partial charge in [0.15, 0.2) is 0 Å². The summed E-state index contributed by atoms with van der Waals surface area (Å²) in [4.78, 5) is 4.33. The van der Waals surface area contributed by atoms with Gasteiger partial charge in [-0.1, -0.05) is 19.4 Å². The highest BCUT2D eigenvalue weighted by molar-refractivity contribution is 5.40. The number of pyridine rings is 1. The molecule has 4 heteroatoms. The lowest BCUT2D eigenvalue weighted by Gasteiger charge is -2.12. The summed E-state index contributed by atoms with van der Waals surface area (Å²) in [6, 6.07) is 7.82. The maximum atomic E-state index is 10.1. The summed E-state index contributed by atoms with van der Waals surface area (Å²) in [6.45, 7) is 2.00. The molecule has 0 fully saturated rings. The molecule has 2 atom stereocenters. The van der Waals surface area contributed by atoms with Crippen LogP contribution < -0.4 is 0 Å². The number of hydrogen-bond donors (Lipinski definition) is 1. The summed E-state index contributed by atoms with van der Waals surface area (Å²) < 4.78 is 1.85. The first-order valence-electron chi connectivity index (χ1n) is 5.77. The van der Waals surface area contributed by atoms with Gasteiger partial charge in [0, 0.05) is 12.4 Å². The van der Waals surface area contributed by atoms with Gasteiger partial charge in [-0.15, -0.1) is 0 Å². The molecule has 88 valence electrons. The second-order valence-corrected chi connectivity index (χ2v) is 4.10. The van der Waals surface area contributed by atoms with Gasteiger partial charge in [0.05, 0.1) is 17.7 Å². The first-order chi connectivity index (χ1) is 8.26. The van der Waals surface area contributed by atoms with Gasteiger partial charge in [-0.3, -0.25) is 0 Å². The van der Waals surface area contributed by atoms with E-state index in [2.05, 4.69) is 11.1 Å². The largest absolute Gasteiger partial charge is 0.385 e. The molecule has 2 unspecified atom stereocenters. The molecule has 0 saturated heterocycles. The van der Waals surface area contributed by atoms with E-state index in [0.29, 0.717) is 12.1 Å². The lowest BCUT2D eigenvalue weighted by molar-refractivity contribution is 0.126. The fourth-order valence-corrected chi connectivity index (χ4v) is 1.91. The number of fused-ring (bicyclic) bond motifs is 1. The first-order valence-corrected chi connectivity index (χ1v) is 5.77. The summed E-state index contributed by atoms with van der Waals surface area (Å²) in [5.74, 6) is -0.384. The topological polar surface area (TPSA) is 61.3 Å². The number of nitriles is 1. The predicted molar refractivity (Wildman–Crippen MR) is 64.2 cm³/mol. The lowest BCUT2D eigenvalue weighted by atomic mass is 9.97. The van der Waals surface area contributed by atoms with E-state index < -0.39 is 6.10 Å². The molecule has 17 heavy (non-hydrogen) atoms. The van der Waals surface area contributed by atoms with Crippen LogP contribution in [-0.2, 0) is 0 Å². The van der Waals surface area contributed by atoms with Crippen LogP contribution in [0.1, 0.15) is 31.6 Å². The molecule has 0 bridgehead atoms. The van der Waals surface area contributed by atoms with Gasteiger partial charge in [0.25, 0.3) is 0 Å². The molecule has 2 aromatic heterocycles. The van der Waals surface area contributed by atoms with E-state index in [4.69, 9.17) is 5.26 Å². The minimum absolute atomic E-state index is 0.384. The van der Waals surface area contributed by atoms with Crippen molar-refractivity contribution in [2.75, 3.05) is 0 Å². The van der Waals surface area contributed by atoms with Gasteiger partial charge in [-0.05, 0) is 18.6 Å². The molecule has 0 aliphatic carbocycles. The van der Waals surface area contributed by atoms with E-state index in [1.165, 1.54) is 0 Å². The van der Waals surface area contributed by atoms with Crippen molar-refractivity contribution in [2.45, 2.75) is 25.9 Å². The molecule has 4 nitrogen and oxygen atoms in total. The molecule has 1 N–H and O–H groups in total. The number of rotatable bonds is 4. The third-order valence-corrected chi connectivity index (χ3v) is 2.83. The molecule has 0 saturated carbocycles. The van der Waals surface area contributed by atoms with Crippen LogP contribution in [0.15, 0.2) is 30.6 Å². The van der Waals surface area contributed by atoms with Crippen LogP contribution in [0.2, 0.25) is 0 Å². The van der Waals surface area contributed by atoms with Gasteiger partial charge < -0.3 is 9.51 Å². The van der Waals surface area contributed by atoms with Crippen molar-refractivity contribution in [1.82, 2.24) is 9.38 Å². The van der Waals surface area contributed by atoms with Crippen LogP contribution in [0.5, 0.6) is 0 Å². The number of imidazole rings is 1. The Morgan fingerprint density at radius 1 is 1.53 bits per heavy atom. The average Bonchev–Trinajstić information content (AvgIpc) is 2.78. The first kappa shape index (κ1) is 11.6. The van der Waals surface area contributed by atoms with Crippen LogP contribution >= 0.6 is 0 Å². The highest BCUT2D eigenvalue weighted by Gasteiger charge is 2.22. The van der Waals surface area contributed by atoms with E-state index in [1.807, 2.05) is 35.7 Å². The van der Waals surface area contributed by atoms with Crippen molar-refractivity contribution in [1.29, 1.82) is 5.26 Å². The predicted octanol–water partition coefficient (Wildman–Crippen LogP) is 2.31. The second kappa shape index (κ2) is 4.98. The van der Waals surface area contributed by atoms with Gasteiger partial charge in [-0.2, -0.15) is 5.26 Å². The Bertz CT molecular complexity index is 508. The van der Waals surface area contributed by atoms with Crippen LogP contribution in [0, 0.1) is 17.2 Å². The Balaban J connectivity index is 2.30. The Morgan fingerprint density at radius 3 is 3.00 bits per heavy atom. The number of aliphatic hydroxyl groups excluding tert-OH is 1. The molecular weight excluding hydrogens is 214 g/mol. The number of nitrogens with zero attached hydrogens (tertiary/aromatic N) is 3. The normalized spacial score (nSPS) is 14.4. The summed E-state index contributed by atoms with van der Waals surface area (Å²) in [5, 5.41) is 19.1. The Kier molecular flexibility index (Phi) is 3.40. The standard InChI is InChI=1S/C13H15N3O/c1-2-5-10(8-14)13(17)11-9-16-7-4-3-6-12(16)15-11/h3-4,6-7,9-10,13,17H,2,5H2,1H3. The summed E-state index contributed by atoms with van der Waals surface area (Å²) in [6.07, 6.45) is 4.41. The van der Waals surface area contributed by atoms with Crippen LogP contribution in [0.3, 0.4) is 0 Å². The molecule has 0 spiro atoms. The van der Waals surface area contributed by atoms with Gasteiger partial charge in [0.1, 0.15) is 11.8 Å². The quantitative estimate of drug-likeness (QED) is 0.875. The minimum atomic E-state index is -0.806. The zero-order valence-electron chi connectivity index (χ0n) is 9.74. The molecule has 0 radical (unpaired) electrons. The molecule has 2 aromatic rings. The van der Waals surface area contributed by atoms with Gasteiger partial charge >= 0.3 is 0 Å². The van der Waals surface area contributed by atoms with Crippen molar-refractivity contribution in [3.8, 4) is 6.07 Å². The summed E-state index contributed by atoms with van der Waals surface area (Å²) >= 11 is 0. The molecule has 0 amide bonds. The van der Waals surface area contributed by atoms with Crippen molar-refractivity contribution in [3.05, 3.63) is 36.3 Å². The van der Waals surface area contributed by atoms with Crippen molar-refractivity contribution >= 4 is 5.65 Å². The Hall–Kier alpha value is -1.86. The zero-order valence-corrected chi connectivity index (χ0v) is 9.74. The minimum Gasteiger partial charge on any atom is -0.385 e. The van der Waals surface area contributed by atoms with Crippen LogP contribution in [0.4, 0.5) is 0 Å². The molecule has 0 aromatic carbocycles. The highest BCUT2D eigenvalue weighted by atomic mass is 16.3. The zero-order chi connectivity index (χ0) is 12.3. The fraction of sp³-hybridized carbons (Fsp3) is 0.385. The van der Waals surface area contributed by atoms with E-state index in [0.717, 1.165) is 12.1 Å². The SMILES string of the molecule is CCCC(C#N)C(O)c1cn2ccccc2n1.